The van der Waals surface area contributed by atoms with Gasteiger partial charge in [-0.3, -0.25) is 28.8 Å². The van der Waals surface area contributed by atoms with Crippen LogP contribution in [0.25, 0.3) is 0 Å². The SMILES string of the molecule is C=C(CC(=O)Nc1ccccc1)C(=O)O.C=C1CC(=O)N(c2ccccc2)C1=O.C=C1CC(=O)OC1=O.CC(=O)OC(C)=O.CC(=O)[O-].CCl.Nc1ccccc1.[Na+]. The Morgan fingerprint density at radius 1 is 0.810 bits per heavy atom. The van der Waals surface area contributed by atoms with Gasteiger partial charge in [-0.2, -0.15) is 0 Å². The first-order valence-corrected chi connectivity index (χ1v) is 16.8. The largest absolute Gasteiger partial charge is 1.00 e. The van der Waals surface area contributed by atoms with Crippen molar-refractivity contribution in [1.29, 1.82) is 0 Å². The van der Waals surface area contributed by atoms with Crippen LogP contribution in [0.15, 0.2) is 127 Å². The number of carbonyl (C=O) groups excluding carboxylic acids is 8. The third-order valence-corrected chi connectivity index (χ3v) is 5.81. The molecule has 4 N–H and O–H groups in total. The molecule has 0 atom stereocenters. The zero-order chi connectivity index (χ0) is 44.1. The van der Waals surface area contributed by atoms with Crippen molar-refractivity contribution in [3.63, 3.8) is 0 Å². The molecule has 0 bridgehead atoms. The van der Waals surface area contributed by atoms with Crippen molar-refractivity contribution in [3.05, 3.63) is 127 Å². The number of imide groups is 1. The second-order valence-electron chi connectivity index (χ2n) is 10.7. The van der Waals surface area contributed by atoms with Gasteiger partial charge in [0.25, 0.3) is 5.91 Å². The Kier molecular flexibility index (Phi) is 30.9. The number of nitrogens with one attached hydrogen (secondary N) is 1. The van der Waals surface area contributed by atoms with Gasteiger partial charge in [-0.15, -0.1) is 11.6 Å². The van der Waals surface area contributed by atoms with Crippen LogP contribution in [0.2, 0.25) is 0 Å². The number of hydrogen-bond acceptors (Lipinski definition) is 13. The van der Waals surface area contributed by atoms with E-state index in [4.69, 9.17) is 20.7 Å². The van der Waals surface area contributed by atoms with Gasteiger partial charge in [0.15, 0.2) is 0 Å². The topological polar surface area (TPSA) is 257 Å². The maximum Gasteiger partial charge on any atom is 1.00 e. The van der Waals surface area contributed by atoms with Gasteiger partial charge in [0, 0.05) is 54.3 Å². The average Bonchev–Trinajstić information content (AvgIpc) is 3.58. The number of anilines is 3. The fourth-order valence-corrected chi connectivity index (χ4v) is 3.56. The molecule has 2 aliphatic rings. The van der Waals surface area contributed by atoms with Crippen LogP contribution in [0.3, 0.4) is 0 Å². The standard InChI is InChI=1S/C11H11NO3.C11H9NO2.C6H7N.C5H4O3.C4H6O3.C2H4O2.CH3Cl.Na/c1-8(11(14)15)7-10(13)12-9-5-3-2-4-6-9;1-8-7-10(13)12(11(8)14)9-5-3-2-4-6-9;7-6-4-2-1-3-5-6;1-3-2-4(6)8-5(3)7;1-3(5)7-4(2)6;1-2(3)4;1-2;/h2-6H,1,7H2,(H,12,13)(H,14,15);2-6H,1,7H2;1-5H,7H2;1-2H2;1-2H3;1H3,(H,3,4);1H3;/q;;;;;;;+1/p-1. The molecule has 0 unspecified atom stereocenters. The van der Waals surface area contributed by atoms with Crippen LogP contribution in [0.4, 0.5) is 17.1 Å². The molecule has 5 rings (SSSR count). The number of aliphatic carboxylic acids is 2. The molecule has 2 heterocycles. The first-order valence-electron chi connectivity index (χ1n) is 16.1. The van der Waals surface area contributed by atoms with Crippen LogP contribution < -0.4 is 50.6 Å². The quantitative estimate of drug-likeness (QED) is 0.0621. The van der Waals surface area contributed by atoms with Gasteiger partial charge < -0.3 is 35.5 Å². The van der Waals surface area contributed by atoms with Crippen LogP contribution in [0, 0.1) is 0 Å². The molecule has 0 spiro atoms. The molecule has 18 heteroatoms. The van der Waals surface area contributed by atoms with E-state index < -0.39 is 35.8 Å². The number of halogens is 1. The Hall–Kier alpha value is -6.20. The number of hydrogen-bond donors (Lipinski definition) is 3. The molecule has 2 aliphatic heterocycles. The number of carboxylic acids is 2. The van der Waals surface area contributed by atoms with Crippen molar-refractivity contribution in [3.8, 4) is 0 Å². The molecule has 16 nitrogen and oxygen atoms in total. The second kappa shape index (κ2) is 31.9. The van der Waals surface area contributed by atoms with Crippen LogP contribution in [-0.2, 0) is 52.6 Å². The zero-order valence-corrected chi connectivity index (χ0v) is 35.4. The number of cyclic esters (lactones) is 2. The van der Waals surface area contributed by atoms with Crippen molar-refractivity contribution in [2.75, 3.05) is 22.3 Å². The van der Waals surface area contributed by atoms with E-state index >= 15 is 0 Å². The number of amides is 3. The summed E-state index contributed by atoms with van der Waals surface area (Å²) in [5.41, 5.74) is 7.91. The van der Waals surface area contributed by atoms with Crippen LogP contribution in [-0.4, -0.2) is 65.0 Å². The van der Waals surface area contributed by atoms with Crippen LogP contribution in [0.1, 0.15) is 40.0 Å². The molecule has 3 amide bonds. The van der Waals surface area contributed by atoms with E-state index in [2.05, 4.69) is 46.1 Å². The Bertz CT molecular complexity index is 1860. The van der Waals surface area contributed by atoms with E-state index in [1.807, 2.05) is 42.5 Å². The van der Waals surface area contributed by atoms with Gasteiger partial charge in [0.05, 0.1) is 24.9 Å². The minimum Gasteiger partial charge on any atom is -0.550 e. The fourth-order valence-electron chi connectivity index (χ4n) is 3.56. The number of para-hydroxylation sites is 3. The number of nitrogens with zero attached hydrogens (tertiary/aromatic N) is 1. The molecule has 0 aliphatic carbocycles. The summed E-state index contributed by atoms with van der Waals surface area (Å²) in [6.45, 7) is 13.5. The Morgan fingerprint density at radius 2 is 1.24 bits per heavy atom. The average molecular weight is 832 g/mol. The number of esters is 4. The Morgan fingerprint density at radius 3 is 1.52 bits per heavy atom. The third-order valence-electron chi connectivity index (χ3n) is 5.81. The minimum absolute atomic E-state index is 0. The molecule has 3 aromatic carbocycles. The molecule has 304 valence electrons. The summed E-state index contributed by atoms with van der Waals surface area (Å²) in [7, 11) is 0. The first-order chi connectivity index (χ1) is 26.7. The predicted octanol–water partition coefficient (Wildman–Crippen LogP) is 1.16. The van der Waals surface area contributed by atoms with Gasteiger partial charge in [0.2, 0.25) is 11.8 Å². The number of alkyl halides is 1. The van der Waals surface area contributed by atoms with Gasteiger partial charge in [-0.25, -0.2) is 14.5 Å². The second-order valence-corrected chi connectivity index (χ2v) is 10.7. The summed E-state index contributed by atoms with van der Waals surface area (Å²) >= 11 is 4.64. The summed E-state index contributed by atoms with van der Waals surface area (Å²) in [6.07, 6.45) is 1.46. The third kappa shape index (κ3) is 27.4. The van der Waals surface area contributed by atoms with Crippen molar-refractivity contribution in [1.82, 2.24) is 0 Å². The summed E-state index contributed by atoms with van der Waals surface area (Å²) in [4.78, 5) is 94.7. The number of nitrogens with two attached hydrogens (primary N) is 1. The van der Waals surface area contributed by atoms with E-state index in [1.165, 1.54) is 25.1 Å². The number of ether oxygens (including phenoxy) is 2. The van der Waals surface area contributed by atoms with Crippen molar-refractivity contribution >= 4 is 82.2 Å². The predicted molar refractivity (Wildman–Crippen MR) is 210 cm³/mol. The molecule has 58 heavy (non-hydrogen) atoms. The van der Waals surface area contributed by atoms with Crippen molar-refractivity contribution < 1.29 is 92.4 Å². The van der Waals surface area contributed by atoms with E-state index in [9.17, 15) is 38.4 Å². The van der Waals surface area contributed by atoms with Crippen LogP contribution in [0.5, 0.6) is 0 Å². The van der Waals surface area contributed by atoms with E-state index in [1.54, 1.807) is 48.5 Å². The Labute approximate surface area is 362 Å². The number of nitrogen functional groups attached to an aromatic ring is 1. The molecule has 0 aromatic heterocycles. The van der Waals surface area contributed by atoms with Gasteiger partial charge in [-0.05, 0) is 43.3 Å². The van der Waals surface area contributed by atoms with E-state index in [0.717, 1.165) is 12.6 Å². The normalized spacial score (nSPS) is 11.6. The molecule has 2 fully saturated rings. The number of carbonyl (C=O) groups is 9. The van der Waals surface area contributed by atoms with Gasteiger partial charge >= 0.3 is 59.4 Å². The maximum absolute atomic E-state index is 11.5. The smallest absolute Gasteiger partial charge is 0.550 e. The molecule has 0 saturated carbocycles. The van der Waals surface area contributed by atoms with E-state index in [-0.39, 0.29) is 77.7 Å². The molecule has 2 saturated heterocycles. The van der Waals surface area contributed by atoms with E-state index in [0.29, 0.717) is 16.9 Å². The van der Waals surface area contributed by atoms with Crippen molar-refractivity contribution in [2.45, 2.75) is 40.0 Å². The molecular formula is C40H43ClN3NaO13. The van der Waals surface area contributed by atoms with Crippen molar-refractivity contribution in [2.24, 2.45) is 0 Å². The molecule has 0 radical (unpaired) electrons. The fraction of sp³-hybridized carbons (Fsp3) is 0.175. The Balaban J connectivity index is -0.000000648. The summed E-state index contributed by atoms with van der Waals surface area (Å²) in [5, 5.41) is 20.0. The maximum atomic E-state index is 11.5. The first kappa shape index (κ1) is 56.1. The van der Waals surface area contributed by atoms with Crippen LogP contribution >= 0.6 is 11.6 Å². The monoisotopic (exact) mass is 831 g/mol. The summed E-state index contributed by atoms with van der Waals surface area (Å²) < 4.78 is 8.07. The molecule has 3 aromatic rings. The summed E-state index contributed by atoms with van der Waals surface area (Å²) in [6, 6.07) is 27.2. The number of benzene rings is 3. The van der Waals surface area contributed by atoms with Gasteiger partial charge in [-0.1, -0.05) is 74.3 Å². The van der Waals surface area contributed by atoms with Gasteiger partial charge in [0.1, 0.15) is 0 Å². The number of carboxylic acid groups (broad SMARTS) is 2. The molecular weight excluding hydrogens is 789 g/mol. The summed E-state index contributed by atoms with van der Waals surface area (Å²) in [5.74, 6) is -5.32. The zero-order valence-electron chi connectivity index (χ0n) is 32.7. The minimum atomic E-state index is -1.15. The number of rotatable bonds is 5.